The number of ether oxygens (including phenoxy) is 3. The highest BCUT2D eigenvalue weighted by molar-refractivity contribution is 5.71. The molecule has 0 aromatic carbocycles. The zero-order valence-electron chi connectivity index (χ0n) is 47.7. The first-order valence-corrected chi connectivity index (χ1v) is 30.9. The Hall–Kier alpha value is -3.15. The van der Waals surface area contributed by atoms with Crippen LogP contribution in [0.2, 0.25) is 0 Å². The molecule has 0 bridgehead atoms. The molecule has 416 valence electrons. The molecule has 0 fully saturated rings. The van der Waals surface area contributed by atoms with Gasteiger partial charge in [0.25, 0.3) is 0 Å². The van der Waals surface area contributed by atoms with Gasteiger partial charge in [0.15, 0.2) is 6.10 Å². The maximum atomic E-state index is 12.9. The molecule has 0 heterocycles. The van der Waals surface area contributed by atoms with Gasteiger partial charge in [-0.1, -0.05) is 273 Å². The fourth-order valence-corrected chi connectivity index (χ4v) is 8.82. The Labute approximate surface area is 446 Å². The van der Waals surface area contributed by atoms with Crippen molar-refractivity contribution in [3.05, 3.63) is 72.9 Å². The lowest BCUT2D eigenvalue weighted by molar-refractivity contribution is -0.167. The molecule has 1 atom stereocenters. The summed E-state index contributed by atoms with van der Waals surface area (Å²) in [7, 11) is 0. The molecule has 0 saturated carbocycles. The average Bonchev–Trinajstić information content (AvgIpc) is 3.38. The number of hydrogen-bond acceptors (Lipinski definition) is 6. The Morgan fingerprint density at radius 2 is 0.542 bits per heavy atom. The Bertz CT molecular complexity index is 1340. The fraction of sp³-hybridized carbons (Fsp3) is 0.773. The molecule has 0 aliphatic carbocycles. The summed E-state index contributed by atoms with van der Waals surface area (Å²) in [5.41, 5.74) is 0. The Balaban J connectivity index is 4.40. The molecular formula is C66H116O6. The Morgan fingerprint density at radius 1 is 0.292 bits per heavy atom. The van der Waals surface area contributed by atoms with Crippen LogP contribution in [0.4, 0.5) is 0 Å². The van der Waals surface area contributed by atoms with E-state index in [0.29, 0.717) is 19.3 Å². The number of esters is 3. The molecule has 0 rings (SSSR count). The first-order chi connectivity index (χ1) is 35.5. The van der Waals surface area contributed by atoms with Crippen LogP contribution in [0.3, 0.4) is 0 Å². The summed E-state index contributed by atoms with van der Waals surface area (Å²) in [6.45, 7) is 6.54. The van der Waals surface area contributed by atoms with Gasteiger partial charge in [0.2, 0.25) is 0 Å². The summed E-state index contributed by atoms with van der Waals surface area (Å²) in [6.07, 6.45) is 77.5. The molecule has 0 aliphatic rings. The van der Waals surface area contributed by atoms with E-state index in [0.717, 1.165) is 109 Å². The number of rotatable bonds is 56. The third-order valence-corrected chi connectivity index (χ3v) is 13.4. The number of unbranched alkanes of at least 4 members (excludes halogenated alkanes) is 33. The zero-order valence-corrected chi connectivity index (χ0v) is 47.7. The quantitative estimate of drug-likeness (QED) is 0.0261. The monoisotopic (exact) mass is 1000 g/mol. The minimum atomic E-state index is -0.785. The topological polar surface area (TPSA) is 78.9 Å². The lowest BCUT2D eigenvalue weighted by Gasteiger charge is -2.18. The van der Waals surface area contributed by atoms with Gasteiger partial charge in [-0.25, -0.2) is 0 Å². The predicted octanol–water partition coefficient (Wildman–Crippen LogP) is 20.9. The van der Waals surface area contributed by atoms with E-state index in [1.165, 1.54) is 161 Å². The number of carbonyl (C=O) groups is 3. The van der Waals surface area contributed by atoms with Crippen LogP contribution in [0, 0.1) is 0 Å². The fourth-order valence-electron chi connectivity index (χ4n) is 8.82. The minimum Gasteiger partial charge on any atom is -0.462 e. The number of hydrogen-bond donors (Lipinski definition) is 0. The van der Waals surface area contributed by atoms with Gasteiger partial charge in [0.1, 0.15) is 13.2 Å². The van der Waals surface area contributed by atoms with Crippen molar-refractivity contribution in [2.75, 3.05) is 13.2 Å². The molecule has 0 saturated heterocycles. The van der Waals surface area contributed by atoms with Crippen LogP contribution in [-0.4, -0.2) is 37.2 Å². The summed E-state index contributed by atoms with van der Waals surface area (Å²) in [5, 5.41) is 0. The highest BCUT2D eigenvalue weighted by atomic mass is 16.6. The molecule has 0 N–H and O–H groups in total. The molecule has 6 nitrogen and oxygen atoms in total. The highest BCUT2D eigenvalue weighted by Crippen LogP contribution is 2.16. The molecule has 72 heavy (non-hydrogen) atoms. The van der Waals surface area contributed by atoms with Gasteiger partial charge in [0.05, 0.1) is 0 Å². The molecule has 0 aliphatic heterocycles. The standard InChI is InChI=1S/C66H116O6/c1-4-7-10-13-16-19-22-25-28-30-32-33-34-36-38-41-44-47-50-53-56-59-65(68)71-62-63(61-70-64(67)58-55-52-49-46-43-40-37-27-24-21-18-15-12-9-6-3)72-66(69)60-57-54-51-48-45-42-39-35-31-29-26-23-20-17-14-11-8-5-2/h7,10,16,19,25,28-29,31-33,36,38,63H,4-6,8-9,11-15,17-18,20-24,26-27,30,34-35,37,39-62H2,1-3H3/b10-7-,19-16-,28-25-,31-29-,33-32-,38-36-. The van der Waals surface area contributed by atoms with Crippen LogP contribution in [0.15, 0.2) is 72.9 Å². The molecule has 1 unspecified atom stereocenters. The van der Waals surface area contributed by atoms with E-state index in [9.17, 15) is 14.4 Å². The lowest BCUT2D eigenvalue weighted by Crippen LogP contribution is -2.30. The second-order valence-corrected chi connectivity index (χ2v) is 20.6. The second kappa shape index (κ2) is 60.4. The Kier molecular flexibility index (Phi) is 57.8. The zero-order chi connectivity index (χ0) is 52.2. The molecular weight excluding hydrogens is 889 g/mol. The largest absolute Gasteiger partial charge is 0.462 e. The lowest BCUT2D eigenvalue weighted by atomic mass is 10.0. The van der Waals surface area contributed by atoms with Crippen LogP contribution < -0.4 is 0 Å². The summed E-state index contributed by atoms with van der Waals surface area (Å²) in [4.78, 5) is 38.3. The molecule has 6 heteroatoms. The third-order valence-electron chi connectivity index (χ3n) is 13.4. The molecule has 0 aromatic heterocycles. The van der Waals surface area contributed by atoms with Crippen molar-refractivity contribution in [3.8, 4) is 0 Å². The van der Waals surface area contributed by atoms with Gasteiger partial charge < -0.3 is 14.2 Å². The molecule has 0 amide bonds. The van der Waals surface area contributed by atoms with Crippen molar-refractivity contribution < 1.29 is 28.6 Å². The molecule has 0 radical (unpaired) electrons. The third kappa shape index (κ3) is 57.7. The van der Waals surface area contributed by atoms with Crippen molar-refractivity contribution in [1.82, 2.24) is 0 Å². The average molecular weight is 1010 g/mol. The van der Waals surface area contributed by atoms with Gasteiger partial charge in [-0.3, -0.25) is 14.4 Å². The van der Waals surface area contributed by atoms with E-state index in [2.05, 4.69) is 93.7 Å². The Morgan fingerprint density at radius 3 is 0.861 bits per heavy atom. The van der Waals surface area contributed by atoms with Crippen molar-refractivity contribution in [2.45, 2.75) is 316 Å². The van der Waals surface area contributed by atoms with E-state index in [1.54, 1.807) is 0 Å². The highest BCUT2D eigenvalue weighted by Gasteiger charge is 2.19. The first-order valence-electron chi connectivity index (χ1n) is 30.9. The van der Waals surface area contributed by atoms with Crippen molar-refractivity contribution in [2.24, 2.45) is 0 Å². The second-order valence-electron chi connectivity index (χ2n) is 20.6. The number of carbonyl (C=O) groups excluding carboxylic acids is 3. The van der Waals surface area contributed by atoms with Gasteiger partial charge in [-0.05, 0) is 89.9 Å². The van der Waals surface area contributed by atoms with E-state index in [1.807, 2.05) is 0 Å². The van der Waals surface area contributed by atoms with Crippen LogP contribution in [-0.2, 0) is 28.6 Å². The van der Waals surface area contributed by atoms with Crippen LogP contribution in [0.5, 0.6) is 0 Å². The van der Waals surface area contributed by atoms with Gasteiger partial charge >= 0.3 is 17.9 Å². The number of allylic oxidation sites excluding steroid dienone is 12. The van der Waals surface area contributed by atoms with Crippen LogP contribution in [0.1, 0.15) is 310 Å². The van der Waals surface area contributed by atoms with Gasteiger partial charge in [-0.15, -0.1) is 0 Å². The predicted molar refractivity (Wildman–Crippen MR) is 311 cm³/mol. The normalized spacial score (nSPS) is 12.5. The van der Waals surface area contributed by atoms with Gasteiger partial charge in [-0.2, -0.15) is 0 Å². The summed E-state index contributed by atoms with van der Waals surface area (Å²) in [5.74, 6) is -0.890. The van der Waals surface area contributed by atoms with Crippen LogP contribution in [0.25, 0.3) is 0 Å². The maximum absolute atomic E-state index is 12.9. The van der Waals surface area contributed by atoms with Crippen molar-refractivity contribution in [3.63, 3.8) is 0 Å². The van der Waals surface area contributed by atoms with E-state index in [4.69, 9.17) is 14.2 Å². The molecule has 0 spiro atoms. The SMILES string of the molecule is CC/C=C\C/C=C\C/C=C\C/C=C\C/C=C\CCCCCCCC(=O)OCC(COC(=O)CCCCCCCCCCCCCCCCC)OC(=O)CCCCCCCCC/C=C\CCCCCCCCC. The smallest absolute Gasteiger partial charge is 0.306 e. The molecule has 0 aromatic rings. The maximum Gasteiger partial charge on any atom is 0.306 e. The first kappa shape index (κ1) is 68.8. The van der Waals surface area contributed by atoms with Crippen LogP contribution >= 0.6 is 0 Å². The van der Waals surface area contributed by atoms with Gasteiger partial charge in [0, 0.05) is 19.3 Å². The summed E-state index contributed by atoms with van der Waals surface area (Å²) < 4.78 is 16.9. The summed E-state index contributed by atoms with van der Waals surface area (Å²) >= 11 is 0. The summed E-state index contributed by atoms with van der Waals surface area (Å²) in [6, 6.07) is 0. The van der Waals surface area contributed by atoms with Crippen molar-refractivity contribution in [1.29, 1.82) is 0 Å². The van der Waals surface area contributed by atoms with Crippen molar-refractivity contribution >= 4 is 17.9 Å². The van der Waals surface area contributed by atoms with E-state index >= 15 is 0 Å². The van der Waals surface area contributed by atoms with E-state index in [-0.39, 0.29) is 31.1 Å². The minimum absolute atomic E-state index is 0.0806. The van der Waals surface area contributed by atoms with E-state index < -0.39 is 6.10 Å².